The first-order chi connectivity index (χ1) is 11.2. The number of carbonyl (C=O) groups is 1. The third-order valence-electron chi connectivity index (χ3n) is 3.13. The minimum absolute atomic E-state index is 0.146. The molecule has 0 saturated heterocycles. The Bertz CT molecular complexity index is 828. The van der Waals surface area contributed by atoms with Crippen LogP contribution in [-0.2, 0) is 11.2 Å². The molecule has 0 fully saturated rings. The van der Waals surface area contributed by atoms with Crippen molar-refractivity contribution >= 4 is 45.1 Å². The van der Waals surface area contributed by atoms with Crippen molar-refractivity contribution in [2.45, 2.75) is 17.7 Å². The number of hydrogen-bond donors (Lipinski definition) is 1. The first-order valence-corrected chi connectivity index (χ1v) is 8.80. The van der Waals surface area contributed by atoms with E-state index >= 15 is 0 Å². The van der Waals surface area contributed by atoms with Crippen LogP contribution in [0.5, 0.6) is 5.75 Å². The van der Waals surface area contributed by atoms with Gasteiger partial charge in [-0.1, -0.05) is 30.0 Å². The lowest BCUT2D eigenvalue weighted by Crippen LogP contribution is -2.13. The summed E-state index contributed by atoms with van der Waals surface area (Å²) in [7, 11) is 1.60. The molecule has 0 atom stereocenters. The third kappa shape index (κ3) is 3.65. The maximum atomic E-state index is 12.2. The number of nitrogens with one attached hydrogen (secondary N) is 1. The van der Waals surface area contributed by atoms with Gasteiger partial charge in [-0.15, -0.1) is 10.2 Å². The maximum Gasteiger partial charge on any atom is 0.230 e. The van der Waals surface area contributed by atoms with Gasteiger partial charge in [-0.05, 0) is 17.9 Å². The second-order valence-electron chi connectivity index (χ2n) is 4.65. The molecule has 0 radical (unpaired) electrons. The Labute approximate surface area is 141 Å². The van der Waals surface area contributed by atoms with Crippen LogP contribution in [0.15, 0.2) is 33.2 Å². The average molecular weight is 349 g/mol. The lowest BCUT2D eigenvalue weighted by molar-refractivity contribution is -0.115. The normalized spacial score (nSPS) is 10.9. The highest BCUT2D eigenvalue weighted by molar-refractivity contribution is 8.01. The van der Waals surface area contributed by atoms with E-state index in [0.717, 1.165) is 26.8 Å². The molecule has 1 aromatic carbocycles. The Balaban J connectivity index is 1.69. The summed E-state index contributed by atoms with van der Waals surface area (Å²) in [6, 6.07) is 5.54. The number of hydrogen-bond acceptors (Lipinski definition) is 7. The van der Waals surface area contributed by atoms with Crippen LogP contribution >= 0.6 is 23.1 Å². The van der Waals surface area contributed by atoms with E-state index in [-0.39, 0.29) is 12.3 Å². The maximum absolute atomic E-state index is 12.2. The Morgan fingerprint density at radius 1 is 1.43 bits per heavy atom. The van der Waals surface area contributed by atoms with E-state index < -0.39 is 0 Å². The fourth-order valence-corrected chi connectivity index (χ4v) is 3.77. The summed E-state index contributed by atoms with van der Waals surface area (Å²) in [5.41, 5.74) is 1.53. The highest BCUT2D eigenvalue weighted by Gasteiger charge is 2.13. The molecule has 23 heavy (non-hydrogen) atoms. The number of carbonyl (C=O) groups excluding carboxylic acids is 1. The van der Waals surface area contributed by atoms with E-state index in [1.54, 1.807) is 31.2 Å². The van der Waals surface area contributed by atoms with Crippen LogP contribution in [-0.4, -0.2) is 29.0 Å². The number of fused-ring (bicyclic) bond motifs is 1. The van der Waals surface area contributed by atoms with Crippen molar-refractivity contribution in [1.82, 2.24) is 10.2 Å². The number of amides is 1. The lowest BCUT2D eigenvalue weighted by atomic mass is 10.1. The molecule has 0 spiro atoms. The zero-order valence-electron chi connectivity index (χ0n) is 12.7. The number of benzene rings is 1. The largest absolute Gasteiger partial charge is 0.497 e. The van der Waals surface area contributed by atoms with Crippen LogP contribution in [0, 0.1) is 0 Å². The van der Waals surface area contributed by atoms with E-state index in [1.165, 1.54) is 11.3 Å². The predicted molar refractivity (Wildman–Crippen MR) is 91.4 cm³/mol. The van der Waals surface area contributed by atoms with Crippen molar-refractivity contribution in [3.05, 3.63) is 30.0 Å². The van der Waals surface area contributed by atoms with E-state index in [0.29, 0.717) is 10.7 Å². The summed E-state index contributed by atoms with van der Waals surface area (Å²) < 4.78 is 11.5. The first kappa shape index (κ1) is 15.8. The molecule has 0 unspecified atom stereocenters. The van der Waals surface area contributed by atoms with Crippen molar-refractivity contribution < 1.29 is 13.9 Å². The fraction of sp³-hybridized carbons (Fsp3) is 0.267. The molecule has 120 valence electrons. The monoisotopic (exact) mass is 349 g/mol. The number of furan rings is 1. The van der Waals surface area contributed by atoms with Crippen LogP contribution in [0.3, 0.4) is 0 Å². The smallest absolute Gasteiger partial charge is 0.230 e. The molecule has 0 aliphatic carbocycles. The average Bonchev–Trinajstić information content (AvgIpc) is 3.14. The minimum atomic E-state index is -0.146. The summed E-state index contributed by atoms with van der Waals surface area (Å²) >= 11 is 2.98. The number of aromatic nitrogens is 2. The summed E-state index contributed by atoms with van der Waals surface area (Å²) in [5, 5.41) is 12.2. The Morgan fingerprint density at radius 2 is 2.30 bits per heavy atom. The molecule has 0 bridgehead atoms. The SMILES string of the molecule is CCSc1nnc(NC(=O)Cc2coc3cc(OC)ccc23)s1. The van der Waals surface area contributed by atoms with Gasteiger partial charge in [-0.2, -0.15) is 0 Å². The Hall–Kier alpha value is -2.06. The van der Waals surface area contributed by atoms with E-state index in [9.17, 15) is 4.79 Å². The van der Waals surface area contributed by atoms with E-state index in [1.807, 2.05) is 19.1 Å². The second-order valence-corrected chi connectivity index (χ2v) is 7.14. The van der Waals surface area contributed by atoms with Gasteiger partial charge < -0.3 is 14.5 Å². The molecule has 3 rings (SSSR count). The molecule has 0 aliphatic heterocycles. The van der Waals surface area contributed by atoms with Gasteiger partial charge in [0.25, 0.3) is 0 Å². The summed E-state index contributed by atoms with van der Waals surface area (Å²) in [6.07, 6.45) is 1.82. The number of rotatable bonds is 6. The molecule has 2 aromatic heterocycles. The lowest BCUT2D eigenvalue weighted by Gasteiger charge is -2.01. The predicted octanol–water partition coefficient (Wildman–Crippen LogP) is 3.59. The summed E-state index contributed by atoms with van der Waals surface area (Å²) in [4.78, 5) is 12.2. The Kier molecular flexibility index (Phi) is 4.82. The standard InChI is InChI=1S/C15H15N3O3S2/c1-3-22-15-18-17-14(23-15)16-13(19)6-9-8-21-12-7-10(20-2)4-5-11(9)12/h4-5,7-8H,3,6H2,1-2H3,(H,16,17,19). The van der Waals surface area contributed by atoms with Gasteiger partial charge >= 0.3 is 0 Å². The van der Waals surface area contributed by atoms with Gasteiger partial charge in [-0.3, -0.25) is 4.79 Å². The number of ether oxygens (including phenoxy) is 1. The molecular formula is C15H15N3O3S2. The Morgan fingerprint density at radius 3 is 3.09 bits per heavy atom. The number of nitrogens with zero attached hydrogens (tertiary/aromatic N) is 2. The number of thioether (sulfide) groups is 1. The highest BCUT2D eigenvalue weighted by atomic mass is 32.2. The quantitative estimate of drug-likeness (QED) is 0.541. The summed E-state index contributed by atoms with van der Waals surface area (Å²) in [5.74, 6) is 1.50. The van der Waals surface area contributed by atoms with Gasteiger partial charge in [0.1, 0.15) is 11.3 Å². The van der Waals surface area contributed by atoms with Gasteiger partial charge in [0, 0.05) is 17.0 Å². The molecule has 1 N–H and O–H groups in total. The van der Waals surface area contributed by atoms with Crippen molar-refractivity contribution in [3.8, 4) is 5.75 Å². The number of methoxy groups -OCH3 is 1. The van der Waals surface area contributed by atoms with Crippen LogP contribution in [0.2, 0.25) is 0 Å². The van der Waals surface area contributed by atoms with Crippen molar-refractivity contribution in [2.75, 3.05) is 18.2 Å². The number of anilines is 1. The second kappa shape index (κ2) is 7.01. The molecule has 1 amide bonds. The van der Waals surface area contributed by atoms with Crippen LogP contribution in [0.4, 0.5) is 5.13 Å². The molecule has 0 saturated carbocycles. The zero-order chi connectivity index (χ0) is 16.2. The van der Waals surface area contributed by atoms with Gasteiger partial charge in [0.05, 0.1) is 19.8 Å². The van der Waals surface area contributed by atoms with Crippen LogP contribution in [0.1, 0.15) is 12.5 Å². The summed E-state index contributed by atoms with van der Waals surface area (Å²) in [6.45, 7) is 2.04. The molecule has 8 heteroatoms. The molecule has 3 aromatic rings. The zero-order valence-corrected chi connectivity index (χ0v) is 14.3. The highest BCUT2D eigenvalue weighted by Crippen LogP contribution is 2.27. The van der Waals surface area contributed by atoms with Crippen LogP contribution in [0.25, 0.3) is 11.0 Å². The molecule has 6 nitrogen and oxygen atoms in total. The topological polar surface area (TPSA) is 77.3 Å². The van der Waals surface area contributed by atoms with E-state index in [4.69, 9.17) is 9.15 Å². The van der Waals surface area contributed by atoms with Crippen molar-refractivity contribution in [2.24, 2.45) is 0 Å². The van der Waals surface area contributed by atoms with Gasteiger partial charge in [0.2, 0.25) is 11.0 Å². The fourth-order valence-electron chi connectivity index (χ4n) is 2.11. The van der Waals surface area contributed by atoms with Crippen molar-refractivity contribution in [1.29, 1.82) is 0 Å². The molecule has 0 aliphatic rings. The van der Waals surface area contributed by atoms with Crippen molar-refractivity contribution in [3.63, 3.8) is 0 Å². The van der Waals surface area contributed by atoms with Gasteiger partial charge in [0.15, 0.2) is 4.34 Å². The van der Waals surface area contributed by atoms with Gasteiger partial charge in [-0.25, -0.2) is 0 Å². The third-order valence-corrected chi connectivity index (χ3v) is 4.99. The first-order valence-electron chi connectivity index (χ1n) is 7.00. The van der Waals surface area contributed by atoms with E-state index in [2.05, 4.69) is 15.5 Å². The molecular weight excluding hydrogens is 334 g/mol. The minimum Gasteiger partial charge on any atom is -0.497 e. The van der Waals surface area contributed by atoms with Crippen LogP contribution < -0.4 is 10.1 Å². The molecule has 2 heterocycles.